The second-order valence-electron chi connectivity index (χ2n) is 13.2. The Morgan fingerprint density at radius 1 is 0.404 bits per heavy atom. The Bertz CT molecular complexity index is 3180. The molecule has 0 radical (unpaired) electrons. The minimum atomic E-state index is 0.622. The van der Waals surface area contributed by atoms with Crippen molar-refractivity contribution < 1.29 is 0 Å². The zero-order valence-corrected chi connectivity index (χ0v) is 28.0. The minimum absolute atomic E-state index is 0.622. The third-order valence-corrected chi connectivity index (χ3v) is 10.4. The van der Waals surface area contributed by atoms with Crippen LogP contribution in [0.4, 0.5) is 0 Å². The lowest BCUT2D eigenvalue weighted by Crippen LogP contribution is -2.04. The lowest BCUT2D eigenvalue weighted by Gasteiger charge is -2.14. The van der Waals surface area contributed by atoms with Gasteiger partial charge in [0.2, 0.25) is 5.95 Å². The summed E-state index contributed by atoms with van der Waals surface area (Å²) >= 11 is 0. The van der Waals surface area contributed by atoms with Crippen LogP contribution in [-0.2, 0) is 0 Å². The van der Waals surface area contributed by atoms with E-state index < -0.39 is 0 Å². The number of fused-ring (bicyclic) bond motifs is 9. The fourth-order valence-corrected chi connectivity index (χ4v) is 8.12. The number of aromatic nitrogens is 5. The van der Waals surface area contributed by atoms with Crippen LogP contribution < -0.4 is 0 Å². The van der Waals surface area contributed by atoms with Crippen molar-refractivity contribution in [2.75, 3.05) is 0 Å². The summed E-state index contributed by atoms with van der Waals surface area (Å²) in [5.41, 5.74) is 11.4. The van der Waals surface area contributed by atoms with Gasteiger partial charge in [-0.3, -0.25) is 9.55 Å². The first-order valence-electron chi connectivity index (χ1n) is 17.5. The first-order valence-corrected chi connectivity index (χ1v) is 17.5. The highest BCUT2D eigenvalue weighted by molar-refractivity contribution is 6.22. The van der Waals surface area contributed by atoms with Gasteiger partial charge in [0.05, 0.1) is 27.6 Å². The standard InChI is InChI=1S/C47H29N5/c1-3-14-30(15-4-1)44-45-40(22-13-27-48-45)49-47(50-44)52-42-24-12-10-20-35(42)39-29-38(33-18-7-8-21-37(33)46(39)52)31-25-26-36-34-19-9-11-23-41(34)51(43(36)28-31)32-16-5-2-6-17-32/h1-29H. The van der Waals surface area contributed by atoms with Crippen LogP contribution in [0.1, 0.15) is 0 Å². The molecular weight excluding hydrogens is 635 g/mol. The maximum Gasteiger partial charge on any atom is 0.235 e. The van der Waals surface area contributed by atoms with Gasteiger partial charge in [-0.15, -0.1) is 0 Å². The molecule has 0 atom stereocenters. The zero-order valence-electron chi connectivity index (χ0n) is 28.0. The fraction of sp³-hybridized carbons (Fsp3) is 0. The summed E-state index contributed by atoms with van der Waals surface area (Å²) in [5, 5.41) is 7.11. The summed E-state index contributed by atoms with van der Waals surface area (Å²) in [4.78, 5) is 15.2. The van der Waals surface area contributed by atoms with E-state index in [1.165, 1.54) is 38.3 Å². The molecular formula is C47H29N5. The van der Waals surface area contributed by atoms with Crippen LogP contribution in [0, 0.1) is 0 Å². The molecule has 0 N–H and O–H groups in total. The molecule has 0 amide bonds. The average molecular weight is 664 g/mol. The topological polar surface area (TPSA) is 48.5 Å². The van der Waals surface area contributed by atoms with Crippen molar-refractivity contribution in [2.24, 2.45) is 0 Å². The third-order valence-electron chi connectivity index (χ3n) is 10.4. The molecule has 0 aliphatic heterocycles. The van der Waals surface area contributed by atoms with E-state index in [1.54, 1.807) is 0 Å². The van der Waals surface area contributed by atoms with Crippen LogP contribution in [0.2, 0.25) is 0 Å². The molecule has 52 heavy (non-hydrogen) atoms. The van der Waals surface area contributed by atoms with Gasteiger partial charge in [-0.1, -0.05) is 121 Å². The van der Waals surface area contributed by atoms with Crippen LogP contribution in [0.5, 0.6) is 0 Å². The smallest absolute Gasteiger partial charge is 0.235 e. The molecule has 0 fully saturated rings. The van der Waals surface area contributed by atoms with E-state index in [9.17, 15) is 0 Å². The lowest BCUT2D eigenvalue weighted by atomic mass is 9.94. The van der Waals surface area contributed by atoms with E-state index in [2.05, 4.69) is 149 Å². The summed E-state index contributed by atoms with van der Waals surface area (Å²) in [7, 11) is 0. The largest absolute Gasteiger partial charge is 0.309 e. The number of nitrogens with zero attached hydrogens (tertiary/aromatic N) is 5. The molecule has 5 nitrogen and oxygen atoms in total. The number of para-hydroxylation sites is 3. The Labute approximate surface area is 298 Å². The Kier molecular flexibility index (Phi) is 6.18. The van der Waals surface area contributed by atoms with E-state index in [-0.39, 0.29) is 0 Å². The highest BCUT2D eigenvalue weighted by Crippen LogP contribution is 2.43. The minimum Gasteiger partial charge on any atom is -0.309 e. The number of rotatable bonds is 4. The van der Waals surface area contributed by atoms with Crippen LogP contribution in [0.25, 0.3) is 99.4 Å². The molecule has 0 saturated heterocycles. The molecule has 0 saturated carbocycles. The maximum absolute atomic E-state index is 5.28. The summed E-state index contributed by atoms with van der Waals surface area (Å²) in [6.07, 6.45) is 1.81. The predicted octanol–water partition coefficient (Wildman–Crippen LogP) is 11.7. The Morgan fingerprint density at radius 2 is 1.04 bits per heavy atom. The molecule has 11 aromatic rings. The average Bonchev–Trinajstić information content (AvgIpc) is 3.73. The molecule has 5 heteroatoms. The van der Waals surface area contributed by atoms with E-state index in [1.807, 2.05) is 36.5 Å². The molecule has 11 rings (SSSR count). The molecule has 242 valence electrons. The van der Waals surface area contributed by atoms with Gasteiger partial charge in [0.1, 0.15) is 11.2 Å². The van der Waals surface area contributed by atoms with Gasteiger partial charge in [0.25, 0.3) is 0 Å². The number of hydrogen-bond donors (Lipinski definition) is 0. The molecule has 0 spiro atoms. The summed E-state index contributed by atoms with van der Waals surface area (Å²) < 4.78 is 4.63. The van der Waals surface area contributed by atoms with Crippen molar-refractivity contribution in [2.45, 2.75) is 0 Å². The summed E-state index contributed by atoms with van der Waals surface area (Å²) in [6.45, 7) is 0. The quantitative estimate of drug-likeness (QED) is 0.188. The Balaban J connectivity index is 1.22. The molecule has 4 aromatic heterocycles. The first kappa shape index (κ1) is 28.7. The summed E-state index contributed by atoms with van der Waals surface area (Å²) in [5.74, 6) is 0.622. The van der Waals surface area contributed by atoms with Gasteiger partial charge in [0.15, 0.2) is 0 Å². The molecule has 0 aliphatic carbocycles. The van der Waals surface area contributed by atoms with Gasteiger partial charge in [-0.2, -0.15) is 0 Å². The monoisotopic (exact) mass is 663 g/mol. The van der Waals surface area contributed by atoms with Gasteiger partial charge in [-0.25, -0.2) is 9.97 Å². The van der Waals surface area contributed by atoms with Gasteiger partial charge >= 0.3 is 0 Å². The van der Waals surface area contributed by atoms with Crippen molar-refractivity contribution in [3.63, 3.8) is 0 Å². The molecule has 0 unspecified atom stereocenters. The highest BCUT2D eigenvalue weighted by Gasteiger charge is 2.22. The van der Waals surface area contributed by atoms with Crippen molar-refractivity contribution in [1.29, 1.82) is 0 Å². The van der Waals surface area contributed by atoms with E-state index in [0.717, 1.165) is 55.2 Å². The van der Waals surface area contributed by atoms with Gasteiger partial charge < -0.3 is 4.57 Å². The Morgan fingerprint density at radius 3 is 1.83 bits per heavy atom. The van der Waals surface area contributed by atoms with E-state index >= 15 is 0 Å². The second kappa shape index (κ2) is 11.2. The summed E-state index contributed by atoms with van der Waals surface area (Å²) in [6, 6.07) is 60.2. The lowest BCUT2D eigenvalue weighted by molar-refractivity contribution is 1.01. The normalized spacial score (nSPS) is 11.8. The molecule has 4 heterocycles. The number of benzene rings is 7. The van der Waals surface area contributed by atoms with Gasteiger partial charge in [-0.05, 0) is 65.0 Å². The second-order valence-corrected chi connectivity index (χ2v) is 13.2. The van der Waals surface area contributed by atoms with Crippen LogP contribution in [-0.4, -0.2) is 24.1 Å². The van der Waals surface area contributed by atoms with E-state index in [0.29, 0.717) is 5.95 Å². The number of pyridine rings is 1. The molecule has 7 aromatic carbocycles. The van der Waals surface area contributed by atoms with Crippen molar-refractivity contribution in [3.05, 3.63) is 176 Å². The maximum atomic E-state index is 5.28. The van der Waals surface area contributed by atoms with Crippen molar-refractivity contribution in [3.8, 4) is 34.0 Å². The molecule has 0 aliphatic rings. The van der Waals surface area contributed by atoms with E-state index in [4.69, 9.17) is 15.0 Å². The van der Waals surface area contributed by atoms with Crippen LogP contribution in [0.15, 0.2) is 176 Å². The molecule has 0 bridgehead atoms. The van der Waals surface area contributed by atoms with Crippen molar-refractivity contribution in [1.82, 2.24) is 24.1 Å². The predicted molar refractivity (Wildman–Crippen MR) is 214 cm³/mol. The third kappa shape index (κ3) is 4.20. The van der Waals surface area contributed by atoms with Crippen molar-refractivity contribution >= 4 is 65.4 Å². The van der Waals surface area contributed by atoms with Crippen LogP contribution >= 0.6 is 0 Å². The van der Waals surface area contributed by atoms with Gasteiger partial charge in [0, 0.05) is 44.4 Å². The first-order chi connectivity index (χ1) is 25.8. The SMILES string of the molecule is c1ccc(-c2nc(-n3c4ccccc4c4cc(-c5ccc6c7ccccc7n(-c7ccccc7)c6c5)c5ccccc5c43)nc3cccnc23)cc1. The van der Waals surface area contributed by atoms with Crippen LogP contribution in [0.3, 0.4) is 0 Å². The number of hydrogen-bond acceptors (Lipinski definition) is 3. The highest BCUT2D eigenvalue weighted by atomic mass is 15.2. The zero-order chi connectivity index (χ0) is 34.2. The Hall–Kier alpha value is -7.11. The fourth-order valence-electron chi connectivity index (χ4n) is 8.12.